The third kappa shape index (κ3) is 2.26. The molecule has 1 aliphatic rings. The van der Waals surface area contributed by atoms with Crippen molar-refractivity contribution in [2.75, 3.05) is 0 Å². The Morgan fingerprint density at radius 1 is 1.20 bits per heavy atom. The van der Waals surface area contributed by atoms with Crippen molar-refractivity contribution in [1.82, 2.24) is 0 Å². The fourth-order valence-electron chi connectivity index (χ4n) is 1.65. The number of benzene rings is 1. The Morgan fingerprint density at radius 3 is 2.13 bits per heavy atom. The lowest BCUT2D eigenvalue weighted by molar-refractivity contribution is 0.607. The molecule has 82 valence electrons. The number of hydrogen-bond acceptors (Lipinski definition) is 2. The highest BCUT2D eigenvalue weighted by Gasteiger charge is 2.49. The second kappa shape index (κ2) is 3.81. The summed E-state index contributed by atoms with van der Waals surface area (Å²) in [7, 11) is 1.76. The van der Waals surface area contributed by atoms with Crippen molar-refractivity contribution in [1.29, 1.82) is 0 Å². The van der Waals surface area contributed by atoms with Crippen molar-refractivity contribution >= 4 is 42.9 Å². The molecule has 1 saturated carbocycles. The largest absolute Gasteiger partial charge is 0.236 e. The van der Waals surface area contributed by atoms with Crippen LogP contribution in [0.4, 0.5) is 0 Å². The molecular weight excluding hydrogens is 279 g/mol. The number of hydrogen-bond donors (Lipinski definition) is 0. The van der Waals surface area contributed by atoms with Crippen molar-refractivity contribution in [3.05, 3.63) is 33.8 Å². The van der Waals surface area contributed by atoms with Crippen molar-refractivity contribution in [2.24, 2.45) is 0 Å². The monoisotopic (exact) mass is 284 g/mol. The minimum absolute atomic E-state index is 0.159. The molecule has 1 aliphatic carbocycles. The SMILES string of the molecule is O=S(=O)(Cl)C1CC1c1c(Cl)cccc1Cl. The van der Waals surface area contributed by atoms with Crippen molar-refractivity contribution in [3.8, 4) is 0 Å². The molecule has 2 unspecified atom stereocenters. The fourth-order valence-corrected chi connectivity index (χ4v) is 3.89. The van der Waals surface area contributed by atoms with E-state index in [0.717, 1.165) is 0 Å². The van der Waals surface area contributed by atoms with Gasteiger partial charge in [-0.3, -0.25) is 0 Å². The summed E-state index contributed by atoms with van der Waals surface area (Å²) in [5, 5.41) is 0.446. The van der Waals surface area contributed by atoms with Gasteiger partial charge in [0.15, 0.2) is 0 Å². The first-order valence-electron chi connectivity index (χ1n) is 4.28. The summed E-state index contributed by atoms with van der Waals surface area (Å²) in [6.45, 7) is 0. The van der Waals surface area contributed by atoms with Gasteiger partial charge in [-0.05, 0) is 24.1 Å². The zero-order valence-electron chi connectivity index (χ0n) is 7.45. The van der Waals surface area contributed by atoms with Crippen LogP contribution >= 0.6 is 33.9 Å². The van der Waals surface area contributed by atoms with E-state index >= 15 is 0 Å². The summed E-state index contributed by atoms with van der Waals surface area (Å²) in [5.41, 5.74) is 0.690. The molecule has 0 radical (unpaired) electrons. The third-order valence-electron chi connectivity index (χ3n) is 2.46. The van der Waals surface area contributed by atoms with Gasteiger partial charge in [0.25, 0.3) is 0 Å². The van der Waals surface area contributed by atoms with Gasteiger partial charge >= 0.3 is 0 Å². The van der Waals surface area contributed by atoms with Crippen molar-refractivity contribution in [3.63, 3.8) is 0 Å². The van der Waals surface area contributed by atoms with Crippen LogP contribution in [-0.2, 0) is 9.05 Å². The van der Waals surface area contributed by atoms with Gasteiger partial charge in [0.2, 0.25) is 9.05 Å². The topological polar surface area (TPSA) is 34.1 Å². The lowest BCUT2D eigenvalue weighted by atomic mass is 10.1. The van der Waals surface area contributed by atoms with E-state index in [1.54, 1.807) is 18.2 Å². The molecule has 1 fully saturated rings. The highest BCUT2D eigenvalue weighted by Crippen LogP contribution is 2.51. The van der Waals surface area contributed by atoms with Crippen LogP contribution in [0.15, 0.2) is 18.2 Å². The van der Waals surface area contributed by atoms with Crippen LogP contribution in [0.1, 0.15) is 17.9 Å². The Morgan fingerprint density at radius 2 is 1.73 bits per heavy atom. The van der Waals surface area contributed by atoms with E-state index in [-0.39, 0.29) is 5.92 Å². The summed E-state index contributed by atoms with van der Waals surface area (Å²) in [6, 6.07) is 5.11. The molecule has 2 nitrogen and oxygen atoms in total. The maximum atomic E-state index is 11.1. The number of halogens is 3. The molecular formula is C9H7Cl3O2S. The van der Waals surface area contributed by atoms with Gasteiger partial charge in [0.1, 0.15) is 0 Å². The van der Waals surface area contributed by atoms with E-state index in [9.17, 15) is 8.42 Å². The molecule has 0 amide bonds. The van der Waals surface area contributed by atoms with Crippen LogP contribution in [0.5, 0.6) is 0 Å². The van der Waals surface area contributed by atoms with Crippen LogP contribution < -0.4 is 0 Å². The van der Waals surface area contributed by atoms with Crippen LogP contribution in [-0.4, -0.2) is 13.7 Å². The van der Waals surface area contributed by atoms with Gasteiger partial charge in [0.05, 0.1) is 5.25 Å². The van der Waals surface area contributed by atoms with Gasteiger partial charge < -0.3 is 0 Å². The molecule has 15 heavy (non-hydrogen) atoms. The highest BCUT2D eigenvalue weighted by atomic mass is 35.7. The van der Waals surface area contributed by atoms with E-state index in [4.69, 9.17) is 33.9 Å². The Kier molecular flexibility index (Phi) is 2.93. The first-order valence-corrected chi connectivity index (χ1v) is 7.41. The third-order valence-corrected chi connectivity index (χ3v) is 5.05. The standard InChI is InChI=1S/C9H7Cl3O2S/c10-6-2-1-3-7(11)9(6)5-4-8(5)15(12,13)14/h1-3,5,8H,4H2. The molecule has 0 saturated heterocycles. The zero-order valence-corrected chi connectivity index (χ0v) is 10.5. The smallest absolute Gasteiger partial charge is 0.212 e. The summed E-state index contributed by atoms with van der Waals surface area (Å²) in [5.74, 6) is -0.159. The van der Waals surface area contributed by atoms with E-state index in [1.807, 2.05) is 0 Å². The van der Waals surface area contributed by atoms with Crippen molar-refractivity contribution in [2.45, 2.75) is 17.6 Å². The molecule has 0 heterocycles. The van der Waals surface area contributed by atoms with E-state index in [1.165, 1.54) is 0 Å². The molecule has 0 N–H and O–H groups in total. The highest BCUT2D eigenvalue weighted by molar-refractivity contribution is 8.14. The van der Waals surface area contributed by atoms with Crippen LogP contribution in [0.25, 0.3) is 0 Å². The second-order valence-electron chi connectivity index (χ2n) is 3.49. The Hall–Kier alpha value is 0.0400. The van der Waals surface area contributed by atoms with Gasteiger partial charge in [0, 0.05) is 26.6 Å². The molecule has 2 atom stereocenters. The van der Waals surface area contributed by atoms with Crippen LogP contribution in [0.2, 0.25) is 10.0 Å². The Labute approximate surface area is 103 Å². The average molecular weight is 286 g/mol. The molecule has 0 aromatic heterocycles. The summed E-state index contributed by atoms with van der Waals surface area (Å²) in [6.07, 6.45) is 0.495. The van der Waals surface area contributed by atoms with Crippen LogP contribution in [0.3, 0.4) is 0 Å². The van der Waals surface area contributed by atoms with E-state index < -0.39 is 14.3 Å². The van der Waals surface area contributed by atoms with Gasteiger partial charge in [-0.25, -0.2) is 8.42 Å². The maximum absolute atomic E-state index is 11.1. The lowest BCUT2D eigenvalue weighted by Crippen LogP contribution is -2.00. The van der Waals surface area contributed by atoms with Crippen LogP contribution in [0, 0.1) is 0 Å². The Bertz CT molecular complexity index is 478. The first-order chi connectivity index (χ1) is 6.91. The summed E-state index contributed by atoms with van der Waals surface area (Å²) < 4.78 is 22.2. The minimum Gasteiger partial charge on any atom is -0.212 e. The summed E-state index contributed by atoms with van der Waals surface area (Å²) in [4.78, 5) is 0. The quantitative estimate of drug-likeness (QED) is 0.780. The lowest BCUT2D eigenvalue weighted by Gasteiger charge is -2.04. The predicted octanol–water partition coefficient (Wildman–Crippen LogP) is 3.42. The molecule has 0 spiro atoms. The predicted molar refractivity (Wildman–Crippen MR) is 62.4 cm³/mol. The number of rotatable bonds is 2. The zero-order chi connectivity index (χ0) is 11.2. The summed E-state index contributed by atoms with van der Waals surface area (Å²) >= 11 is 11.9. The first kappa shape index (κ1) is 11.5. The van der Waals surface area contributed by atoms with Gasteiger partial charge in [-0.2, -0.15) is 0 Å². The molecule has 0 aliphatic heterocycles. The van der Waals surface area contributed by atoms with Gasteiger partial charge in [-0.1, -0.05) is 29.3 Å². The minimum atomic E-state index is -3.51. The molecule has 6 heteroatoms. The normalized spacial score (nSPS) is 25.3. The van der Waals surface area contributed by atoms with Gasteiger partial charge in [-0.15, -0.1) is 0 Å². The molecule has 1 aromatic carbocycles. The second-order valence-corrected chi connectivity index (χ2v) is 7.15. The Balaban J connectivity index is 2.35. The maximum Gasteiger partial charge on any atom is 0.236 e. The van der Waals surface area contributed by atoms with E-state index in [0.29, 0.717) is 22.0 Å². The average Bonchev–Trinajstić information content (AvgIpc) is 2.82. The molecule has 0 bridgehead atoms. The van der Waals surface area contributed by atoms with Crippen molar-refractivity contribution < 1.29 is 8.42 Å². The molecule has 1 aromatic rings. The molecule has 2 rings (SSSR count). The fraction of sp³-hybridized carbons (Fsp3) is 0.333. The van der Waals surface area contributed by atoms with E-state index in [2.05, 4.69) is 0 Å².